The van der Waals surface area contributed by atoms with E-state index < -0.39 is 11.8 Å². The zero-order valence-electron chi connectivity index (χ0n) is 6.58. The van der Waals surface area contributed by atoms with Crippen LogP contribution in [0.15, 0.2) is 18.2 Å². The topological polar surface area (TPSA) is 86.2 Å². The lowest BCUT2D eigenvalue weighted by molar-refractivity contribution is 0.0999. The highest BCUT2D eigenvalue weighted by molar-refractivity contribution is 6.31. The highest BCUT2D eigenvalue weighted by Gasteiger charge is 2.07. The highest BCUT2D eigenvalue weighted by Crippen LogP contribution is 2.14. The van der Waals surface area contributed by atoms with Gasteiger partial charge in [0.15, 0.2) is 0 Å². The van der Waals surface area contributed by atoms with Crippen LogP contribution >= 0.6 is 11.6 Å². The molecule has 13 heavy (non-hydrogen) atoms. The fourth-order valence-electron chi connectivity index (χ4n) is 0.874. The van der Waals surface area contributed by atoms with Crippen molar-refractivity contribution in [2.45, 2.75) is 0 Å². The van der Waals surface area contributed by atoms with Crippen LogP contribution in [0.3, 0.4) is 0 Å². The van der Waals surface area contributed by atoms with Gasteiger partial charge in [-0.15, -0.1) is 0 Å². The Morgan fingerprint density at radius 2 is 1.38 bits per heavy atom. The first kappa shape index (κ1) is 9.54. The molecule has 1 rings (SSSR count). The summed E-state index contributed by atoms with van der Waals surface area (Å²) in [4.78, 5) is 21.5. The minimum absolute atomic E-state index is 0.168. The van der Waals surface area contributed by atoms with E-state index in [4.69, 9.17) is 23.1 Å². The molecule has 0 aliphatic heterocycles. The Balaban J connectivity index is 3.26. The molecular formula is C8H7ClN2O2. The maximum absolute atomic E-state index is 10.7. The Labute approximate surface area is 79.5 Å². The third kappa shape index (κ3) is 2.19. The predicted octanol–water partition coefficient (Wildman–Crippen LogP) is 0.538. The normalized spacial score (nSPS) is 9.62. The lowest BCUT2D eigenvalue weighted by Gasteiger charge is -2.00. The summed E-state index contributed by atoms with van der Waals surface area (Å²) in [5, 5.41) is 0.255. The fourth-order valence-corrected chi connectivity index (χ4v) is 1.11. The van der Waals surface area contributed by atoms with Crippen LogP contribution in [-0.4, -0.2) is 11.8 Å². The van der Waals surface area contributed by atoms with Gasteiger partial charge in [0.25, 0.3) is 0 Å². The van der Waals surface area contributed by atoms with Crippen molar-refractivity contribution in [1.29, 1.82) is 0 Å². The van der Waals surface area contributed by atoms with Crippen LogP contribution in [0.5, 0.6) is 0 Å². The van der Waals surface area contributed by atoms with Crippen molar-refractivity contribution in [1.82, 2.24) is 0 Å². The molecule has 0 aliphatic rings. The van der Waals surface area contributed by atoms with E-state index in [1.165, 1.54) is 18.2 Å². The van der Waals surface area contributed by atoms with Crippen LogP contribution in [0.4, 0.5) is 0 Å². The number of amides is 2. The Morgan fingerprint density at radius 1 is 1.00 bits per heavy atom. The third-order valence-corrected chi connectivity index (χ3v) is 1.69. The number of nitrogens with two attached hydrogens (primary N) is 2. The standard InChI is InChI=1S/C8H7ClN2O2/c9-6-2-4(7(10)12)1-5(3-6)8(11)13/h1-3H,(H2,10,12)(H2,11,13). The second-order valence-electron chi connectivity index (χ2n) is 2.46. The molecule has 5 heteroatoms. The molecule has 0 aliphatic carbocycles. The summed E-state index contributed by atoms with van der Waals surface area (Å²) in [5.41, 5.74) is 10.3. The van der Waals surface area contributed by atoms with Crippen LogP contribution in [0.25, 0.3) is 0 Å². The number of primary amides is 2. The highest BCUT2D eigenvalue weighted by atomic mass is 35.5. The molecule has 1 aromatic rings. The summed E-state index contributed by atoms with van der Waals surface area (Å²) in [6.07, 6.45) is 0. The minimum Gasteiger partial charge on any atom is -0.366 e. The third-order valence-electron chi connectivity index (χ3n) is 1.47. The van der Waals surface area contributed by atoms with E-state index in [1.54, 1.807) is 0 Å². The Bertz CT molecular complexity index is 344. The maximum atomic E-state index is 10.7. The molecule has 0 radical (unpaired) electrons. The molecule has 0 fully saturated rings. The monoisotopic (exact) mass is 198 g/mol. The van der Waals surface area contributed by atoms with E-state index in [0.29, 0.717) is 0 Å². The van der Waals surface area contributed by atoms with Gasteiger partial charge in [-0.25, -0.2) is 0 Å². The molecule has 0 heterocycles. The van der Waals surface area contributed by atoms with Crippen molar-refractivity contribution in [2.24, 2.45) is 11.5 Å². The molecule has 0 bridgehead atoms. The summed E-state index contributed by atoms with van der Waals surface area (Å²) >= 11 is 5.62. The minimum atomic E-state index is -0.648. The zero-order chi connectivity index (χ0) is 10.0. The van der Waals surface area contributed by atoms with Gasteiger partial charge in [-0.2, -0.15) is 0 Å². The number of halogens is 1. The van der Waals surface area contributed by atoms with E-state index in [-0.39, 0.29) is 16.1 Å². The number of hydrogen-bond acceptors (Lipinski definition) is 2. The second-order valence-corrected chi connectivity index (χ2v) is 2.89. The molecule has 0 unspecified atom stereocenters. The molecule has 0 saturated carbocycles. The first-order chi connectivity index (χ1) is 6.00. The summed E-state index contributed by atoms with van der Waals surface area (Å²) in [6.45, 7) is 0. The van der Waals surface area contributed by atoms with Crippen molar-refractivity contribution < 1.29 is 9.59 Å². The van der Waals surface area contributed by atoms with Crippen LogP contribution in [0, 0.1) is 0 Å². The molecule has 2 amide bonds. The molecule has 0 spiro atoms. The van der Waals surface area contributed by atoms with Gasteiger partial charge >= 0.3 is 0 Å². The zero-order valence-corrected chi connectivity index (χ0v) is 7.34. The van der Waals surface area contributed by atoms with Crippen LogP contribution in [-0.2, 0) is 0 Å². The Morgan fingerprint density at radius 3 is 1.69 bits per heavy atom. The average Bonchev–Trinajstić information content (AvgIpc) is 2.03. The SMILES string of the molecule is NC(=O)c1cc(Cl)cc(C(N)=O)c1. The molecule has 0 atom stereocenters. The smallest absolute Gasteiger partial charge is 0.248 e. The molecule has 4 N–H and O–H groups in total. The van der Waals surface area contributed by atoms with Gasteiger partial charge in [0, 0.05) is 16.1 Å². The van der Waals surface area contributed by atoms with Crippen molar-refractivity contribution >= 4 is 23.4 Å². The van der Waals surface area contributed by atoms with E-state index in [9.17, 15) is 9.59 Å². The molecule has 1 aromatic carbocycles. The number of benzene rings is 1. The quantitative estimate of drug-likeness (QED) is 0.727. The molecular weight excluding hydrogens is 192 g/mol. The molecule has 0 aromatic heterocycles. The lowest BCUT2D eigenvalue weighted by atomic mass is 10.1. The first-order valence-electron chi connectivity index (χ1n) is 3.41. The molecule has 68 valence electrons. The average molecular weight is 199 g/mol. The maximum Gasteiger partial charge on any atom is 0.248 e. The fraction of sp³-hybridized carbons (Fsp3) is 0. The van der Waals surface area contributed by atoms with Gasteiger partial charge in [-0.05, 0) is 18.2 Å². The number of carbonyl (C=O) groups excluding carboxylic acids is 2. The predicted molar refractivity (Wildman–Crippen MR) is 48.5 cm³/mol. The van der Waals surface area contributed by atoms with E-state index >= 15 is 0 Å². The number of rotatable bonds is 2. The van der Waals surface area contributed by atoms with Crippen molar-refractivity contribution in [2.75, 3.05) is 0 Å². The summed E-state index contributed by atoms with van der Waals surface area (Å²) in [5.74, 6) is -1.30. The van der Waals surface area contributed by atoms with Gasteiger partial charge in [-0.1, -0.05) is 11.6 Å². The second kappa shape index (κ2) is 3.45. The summed E-state index contributed by atoms with van der Waals surface area (Å²) in [6, 6.07) is 4.04. The van der Waals surface area contributed by atoms with E-state index in [1.807, 2.05) is 0 Å². The first-order valence-corrected chi connectivity index (χ1v) is 3.78. The van der Waals surface area contributed by atoms with Gasteiger partial charge in [-0.3, -0.25) is 9.59 Å². The van der Waals surface area contributed by atoms with Crippen molar-refractivity contribution in [3.05, 3.63) is 34.3 Å². The van der Waals surface area contributed by atoms with Crippen molar-refractivity contribution in [3.63, 3.8) is 0 Å². The summed E-state index contributed by atoms with van der Waals surface area (Å²) < 4.78 is 0. The largest absolute Gasteiger partial charge is 0.366 e. The molecule has 4 nitrogen and oxygen atoms in total. The van der Waals surface area contributed by atoms with E-state index in [2.05, 4.69) is 0 Å². The Hall–Kier alpha value is -1.55. The number of carbonyl (C=O) groups is 2. The Kier molecular flexibility index (Phi) is 2.53. The van der Waals surface area contributed by atoms with E-state index in [0.717, 1.165) is 0 Å². The lowest BCUT2D eigenvalue weighted by Crippen LogP contribution is -2.15. The van der Waals surface area contributed by atoms with Gasteiger partial charge < -0.3 is 11.5 Å². The van der Waals surface area contributed by atoms with Gasteiger partial charge in [0.1, 0.15) is 0 Å². The van der Waals surface area contributed by atoms with Gasteiger partial charge in [0.05, 0.1) is 0 Å². The van der Waals surface area contributed by atoms with Crippen LogP contribution < -0.4 is 11.5 Å². The number of hydrogen-bond donors (Lipinski definition) is 2. The van der Waals surface area contributed by atoms with Crippen molar-refractivity contribution in [3.8, 4) is 0 Å². The summed E-state index contributed by atoms with van der Waals surface area (Å²) in [7, 11) is 0. The van der Waals surface area contributed by atoms with Crippen LogP contribution in [0.2, 0.25) is 5.02 Å². The van der Waals surface area contributed by atoms with Crippen LogP contribution in [0.1, 0.15) is 20.7 Å². The van der Waals surface area contributed by atoms with Gasteiger partial charge in [0.2, 0.25) is 11.8 Å². The molecule has 0 saturated heterocycles.